The molecule has 3 N–H and O–H groups in total. The van der Waals surface area contributed by atoms with Gasteiger partial charge >= 0.3 is 0 Å². The third-order valence-electron chi connectivity index (χ3n) is 4.44. The van der Waals surface area contributed by atoms with Gasteiger partial charge in [-0.3, -0.25) is 4.99 Å². The maximum atomic E-state index is 10.0. The molecule has 1 unspecified atom stereocenters. The minimum absolute atomic E-state index is 0.103. The van der Waals surface area contributed by atoms with Gasteiger partial charge in [0.1, 0.15) is 0 Å². The Balaban J connectivity index is 1.86. The molecular weight excluding hydrogens is 350 g/mol. The summed E-state index contributed by atoms with van der Waals surface area (Å²) in [5.41, 5.74) is 1.36. The fourth-order valence-corrected chi connectivity index (χ4v) is 2.98. The summed E-state index contributed by atoms with van der Waals surface area (Å²) in [5.74, 6) is 1.19. The van der Waals surface area contributed by atoms with Crippen LogP contribution in [0.1, 0.15) is 39.2 Å². The van der Waals surface area contributed by atoms with Gasteiger partial charge in [-0.1, -0.05) is 37.6 Å². The Labute approximate surface area is 162 Å². The summed E-state index contributed by atoms with van der Waals surface area (Å²) in [7, 11) is 0. The number of aliphatic hydroxyl groups is 1. The molecule has 1 aromatic carbocycles. The van der Waals surface area contributed by atoms with E-state index >= 15 is 0 Å². The summed E-state index contributed by atoms with van der Waals surface area (Å²) in [6.45, 7) is 9.10. The predicted molar refractivity (Wildman–Crippen MR) is 108 cm³/mol. The highest BCUT2D eigenvalue weighted by Gasteiger charge is 2.44. The predicted octanol–water partition coefficient (Wildman–Crippen LogP) is 2.96. The summed E-state index contributed by atoms with van der Waals surface area (Å²) in [4.78, 5) is 4.73. The van der Waals surface area contributed by atoms with Crippen molar-refractivity contribution >= 4 is 17.6 Å². The number of hydrogen-bond acceptors (Lipinski definition) is 3. The second-order valence-electron chi connectivity index (χ2n) is 7.45. The standard InChI is InChI=1S/C20H32ClN3O2/c1-4-22-19(23-11-18(25)13-26-12-15(2)3)24-14-20(8-9-20)16-6-5-7-17(21)10-16/h5-7,10,15,18,25H,4,8-9,11-14H2,1-3H3,(H2,22,23,24). The third kappa shape index (κ3) is 6.78. The van der Waals surface area contributed by atoms with Crippen LogP contribution in [-0.2, 0) is 10.2 Å². The lowest BCUT2D eigenvalue weighted by Gasteiger charge is -2.18. The summed E-state index contributed by atoms with van der Waals surface area (Å²) >= 11 is 6.14. The number of guanidine groups is 1. The molecule has 2 rings (SSSR count). The van der Waals surface area contributed by atoms with E-state index in [1.54, 1.807) is 0 Å². The number of nitrogens with zero attached hydrogens (tertiary/aromatic N) is 1. The van der Waals surface area contributed by atoms with Gasteiger partial charge in [0.2, 0.25) is 0 Å². The van der Waals surface area contributed by atoms with Crippen LogP contribution in [0, 0.1) is 5.92 Å². The molecule has 0 saturated heterocycles. The van der Waals surface area contributed by atoms with Crippen LogP contribution in [0.5, 0.6) is 0 Å². The highest BCUT2D eigenvalue weighted by atomic mass is 35.5. The lowest BCUT2D eigenvalue weighted by Crippen LogP contribution is -2.42. The number of rotatable bonds is 10. The van der Waals surface area contributed by atoms with Gasteiger partial charge in [-0.25, -0.2) is 0 Å². The van der Waals surface area contributed by atoms with Crippen LogP contribution < -0.4 is 10.6 Å². The second kappa shape index (κ2) is 10.1. The highest BCUT2D eigenvalue weighted by molar-refractivity contribution is 6.30. The molecule has 146 valence electrons. The lowest BCUT2D eigenvalue weighted by atomic mass is 9.96. The Morgan fingerprint density at radius 2 is 2.08 bits per heavy atom. The Kier molecular flexibility index (Phi) is 8.19. The lowest BCUT2D eigenvalue weighted by molar-refractivity contribution is 0.0280. The maximum Gasteiger partial charge on any atom is 0.191 e. The van der Waals surface area contributed by atoms with Gasteiger partial charge in [-0.2, -0.15) is 0 Å². The van der Waals surface area contributed by atoms with Crippen LogP contribution in [-0.4, -0.2) is 50.0 Å². The van der Waals surface area contributed by atoms with Crippen molar-refractivity contribution in [2.45, 2.75) is 45.1 Å². The van der Waals surface area contributed by atoms with Crippen LogP contribution in [0.3, 0.4) is 0 Å². The van der Waals surface area contributed by atoms with Crippen LogP contribution >= 0.6 is 11.6 Å². The first kappa shape index (κ1) is 21.0. The Morgan fingerprint density at radius 3 is 2.69 bits per heavy atom. The number of hydrogen-bond donors (Lipinski definition) is 3. The molecule has 6 heteroatoms. The van der Waals surface area contributed by atoms with E-state index in [2.05, 4.69) is 30.5 Å². The van der Waals surface area contributed by atoms with Gasteiger partial charge in [-0.15, -0.1) is 0 Å². The van der Waals surface area contributed by atoms with Gasteiger partial charge in [0, 0.05) is 30.1 Å². The largest absolute Gasteiger partial charge is 0.389 e. The van der Waals surface area contributed by atoms with E-state index in [-0.39, 0.29) is 5.41 Å². The number of ether oxygens (including phenoxy) is 1. The Hall–Kier alpha value is -1.30. The average Bonchev–Trinajstić information content (AvgIpc) is 3.38. The Morgan fingerprint density at radius 1 is 1.31 bits per heavy atom. The van der Waals surface area contributed by atoms with Gasteiger partial charge in [0.25, 0.3) is 0 Å². The molecule has 1 atom stereocenters. The highest BCUT2D eigenvalue weighted by Crippen LogP contribution is 2.48. The SMILES string of the molecule is CCNC(=NCC1(c2cccc(Cl)c2)CC1)NCC(O)COCC(C)C. The number of benzene rings is 1. The maximum absolute atomic E-state index is 10.0. The zero-order valence-electron chi connectivity index (χ0n) is 16.1. The van der Waals surface area contributed by atoms with Gasteiger partial charge < -0.3 is 20.5 Å². The average molecular weight is 382 g/mol. The van der Waals surface area contributed by atoms with E-state index in [1.807, 2.05) is 25.1 Å². The third-order valence-corrected chi connectivity index (χ3v) is 4.68. The molecule has 0 radical (unpaired) electrons. The topological polar surface area (TPSA) is 65.9 Å². The Bertz CT molecular complexity index is 588. The molecular formula is C20H32ClN3O2. The molecule has 0 heterocycles. The molecule has 1 aromatic rings. The minimum Gasteiger partial charge on any atom is -0.389 e. The van der Waals surface area contributed by atoms with Crippen molar-refractivity contribution in [1.82, 2.24) is 10.6 Å². The van der Waals surface area contributed by atoms with Crippen molar-refractivity contribution in [3.63, 3.8) is 0 Å². The second-order valence-corrected chi connectivity index (χ2v) is 7.89. The van der Waals surface area contributed by atoms with Gasteiger partial charge in [-0.05, 0) is 43.4 Å². The van der Waals surface area contributed by atoms with Crippen LogP contribution in [0.25, 0.3) is 0 Å². The van der Waals surface area contributed by atoms with Crippen molar-refractivity contribution in [1.29, 1.82) is 0 Å². The first-order valence-electron chi connectivity index (χ1n) is 9.49. The van der Waals surface area contributed by atoms with Crippen LogP contribution in [0.2, 0.25) is 5.02 Å². The molecule has 5 nitrogen and oxygen atoms in total. The smallest absolute Gasteiger partial charge is 0.191 e. The number of halogens is 1. The van der Waals surface area contributed by atoms with Crippen molar-refractivity contribution in [2.75, 3.05) is 32.8 Å². The number of aliphatic hydroxyl groups excluding tert-OH is 1. The number of nitrogens with one attached hydrogen (secondary N) is 2. The van der Waals surface area contributed by atoms with Crippen LogP contribution in [0.15, 0.2) is 29.3 Å². The van der Waals surface area contributed by atoms with E-state index in [9.17, 15) is 5.11 Å². The zero-order chi connectivity index (χ0) is 19.0. The molecule has 1 saturated carbocycles. The quantitative estimate of drug-likeness (QED) is 0.430. The summed E-state index contributed by atoms with van der Waals surface area (Å²) < 4.78 is 5.48. The van der Waals surface area contributed by atoms with Crippen molar-refractivity contribution in [3.05, 3.63) is 34.9 Å². The van der Waals surface area contributed by atoms with Crippen LogP contribution in [0.4, 0.5) is 0 Å². The van der Waals surface area contributed by atoms with E-state index in [0.29, 0.717) is 32.2 Å². The number of aliphatic imine (C=N–C) groups is 1. The summed E-state index contributed by atoms with van der Waals surface area (Å²) in [6, 6.07) is 8.07. The van der Waals surface area contributed by atoms with Gasteiger partial charge in [0.15, 0.2) is 5.96 Å². The van der Waals surface area contributed by atoms with E-state index in [0.717, 1.165) is 30.4 Å². The van der Waals surface area contributed by atoms with Crippen molar-refractivity contribution in [3.8, 4) is 0 Å². The molecule has 1 aliphatic carbocycles. The fraction of sp³-hybridized carbons (Fsp3) is 0.650. The summed E-state index contributed by atoms with van der Waals surface area (Å²) in [5, 5.41) is 17.3. The molecule has 1 aliphatic rings. The van der Waals surface area contributed by atoms with E-state index < -0.39 is 6.10 Å². The molecule has 0 aliphatic heterocycles. The zero-order valence-corrected chi connectivity index (χ0v) is 16.9. The molecule has 1 fully saturated rings. The molecule has 0 amide bonds. The monoisotopic (exact) mass is 381 g/mol. The van der Waals surface area contributed by atoms with Crippen molar-refractivity contribution < 1.29 is 9.84 Å². The van der Waals surface area contributed by atoms with E-state index in [1.165, 1.54) is 5.56 Å². The fourth-order valence-electron chi connectivity index (χ4n) is 2.79. The molecule has 26 heavy (non-hydrogen) atoms. The first-order valence-corrected chi connectivity index (χ1v) is 9.87. The normalized spacial score (nSPS) is 17.2. The molecule has 0 aromatic heterocycles. The summed E-state index contributed by atoms with van der Waals surface area (Å²) in [6.07, 6.45) is 1.70. The minimum atomic E-state index is -0.555. The van der Waals surface area contributed by atoms with E-state index in [4.69, 9.17) is 21.3 Å². The first-order chi connectivity index (χ1) is 12.4. The molecule has 0 spiro atoms. The molecule has 0 bridgehead atoms. The van der Waals surface area contributed by atoms with Gasteiger partial charge in [0.05, 0.1) is 19.3 Å². The van der Waals surface area contributed by atoms with Crippen molar-refractivity contribution in [2.24, 2.45) is 10.9 Å².